The van der Waals surface area contributed by atoms with Gasteiger partial charge in [0, 0.05) is 35.9 Å². The summed E-state index contributed by atoms with van der Waals surface area (Å²) in [4.78, 5) is 4.20. The predicted molar refractivity (Wildman–Crippen MR) is 473 cm³/mol. The van der Waals surface area contributed by atoms with Gasteiger partial charge in [-0.15, -0.1) is 11.3 Å². The Morgan fingerprint density at radius 3 is 1.25 bits per heavy atom. The highest BCUT2D eigenvalue weighted by Gasteiger charge is 2.21. The second-order valence-corrected chi connectivity index (χ2v) is 33.3. The summed E-state index contributed by atoms with van der Waals surface area (Å²) in [6.07, 6.45) is 45.6. The SMILES string of the molecule is CC(=N)CC(O)c1cccc(OCC2CCCCC2)c1.CCCC(=NN)c1cccc(OCC2CCCCC2)c1.CCCC(O)c1cccc(OCC2CCCCCCC2)c1.CCCC(O)c1cccc(OCC2CCCCO2)c1.CCCCc1cccc(OCC2CCCC2)c1.CCCCc1cccc(OCc2nccs2)c1. The Hall–Kier alpha value is -7.27. The second-order valence-electron chi connectivity index (χ2n) is 32.3. The topological polar surface area (TPSA) is 200 Å². The Morgan fingerprint density at radius 2 is 0.842 bits per heavy atom. The van der Waals surface area contributed by atoms with Gasteiger partial charge in [0.15, 0.2) is 0 Å². The first-order valence-corrected chi connectivity index (χ1v) is 45.4. The van der Waals surface area contributed by atoms with Gasteiger partial charge in [-0.25, -0.2) is 4.98 Å². The molecule has 4 aliphatic carbocycles. The molecule has 0 spiro atoms. The van der Waals surface area contributed by atoms with E-state index >= 15 is 0 Å². The van der Waals surface area contributed by atoms with Crippen molar-refractivity contribution in [1.82, 2.24) is 4.98 Å². The van der Waals surface area contributed by atoms with Gasteiger partial charge in [0.1, 0.15) is 52.7 Å². The molecule has 0 bridgehead atoms. The van der Waals surface area contributed by atoms with Crippen LogP contribution < -0.4 is 34.3 Å². The third-order valence-corrected chi connectivity index (χ3v) is 23.0. The van der Waals surface area contributed by atoms with Crippen molar-refractivity contribution in [1.29, 1.82) is 5.41 Å². The van der Waals surface area contributed by atoms with Crippen molar-refractivity contribution in [3.8, 4) is 34.5 Å². The van der Waals surface area contributed by atoms with Crippen LogP contribution in [0.2, 0.25) is 0 Å². The van der Waals surface area contributed by atoms with Crippen molar-refractivity contribution in [3.63, 3.8) is 0 Å². The van der Waals surface area contributed by atoms with Crippen LogP contribution in [0.3, 0.4) is 0 Å². The number of thiazole rings is 1. The number of hydrogen-bond acceptors (Lipinski definition) is 15. The van der Waals surface area contributed by atoms with Crippen molar-refractivity contribution >= 4 is 22.8 Å². The lowest BCUT2D eigenvalue weighted by Gasteiger charge is -2.22. The number of unbranched alkanes of at least 4 members (excludes halogenated alkanes) is 2. The number of aliphatic hydroxyl groups is 3. The Kier molecular flexibility index (Phi) is 47.5. The third kappa shape index (κ3) is 39.1. The molecule has 1 aliphatic heterocycles. The van der Waals surface area contributed by atoms with Crippen LogP contribution >= 0.6 is 11.3 Å². The standard InChI is InChI=1S/C19H30O2.C17H26N2O.C17H25NO2.C16H24O3.C16H24O.C14H17NOS/c1-2-9-19(20)17-12-8-13-18(14-17)21-15-16-10-6-4-3-5-7-11-16;1-2-7-17(19-18)15-10-6-11-16(12-15)20-13-14-8-4-3-5-9-14;1-13(18)10-17(19)15-8-5-9-16(11-15)20-12-14-6-3-2-4-7-14;1-2-6-16(17)13-7-5-9-14(11-13)19-12-15-8-3-4-10-18-15;1-2-3-7-14-10-6-11-16(12-14)17-13-15-8-4-5-9-15;1-2-3-5-12-6-4-7-13(10-12)16-11-14-15-8-9-17-14/h8,12-14,16,19-20H,2-7,9-11,15H2,1H3;6,10-12,14H,2-5,7-9,13,18H2,1H3;5,8-9,11,14,17-19H,2-4,6-7,10,12H2,1H3;5,7,9,11,15-17H,2-4,6,8,10,12H2,1H3;6,10-12,15H,2-5,7-9,13H2,1H3;4,6-10H,2-3,5,11H2,1H3. The number of benzene rings is 6. The van der Waals surface area contributed by atoms with Gasteiger partial charge in [-0.1, -0.05) is 223 Å². The van der Waals surface area contributed by atoms with Crippen LogP contribution in [0.4, 0.5) is 0 Å². The number of nitrogens with zero attached hydrogens (tertiary/aromatic N) is 2. The molecule has 4 unspecified atom stereocenters. The summed E-state index contributed by atoms with van der Waals surface area (Å²) in [5, 5.41) is 44.4. The molecule has 4 atom stereocenters. The van der Waals surface area contributed by atoms with Gasteiger partial charge in [-0.3, -0.25) is 0 Å². The molecule has 7 aromatic rings. The number of aliphatic hydroxyl groups excluding tert-OH is 3. The highest BCUT2D eigenvalue weighted by atomic mass is 32.1. The smallest absolute Gasteiger partial charge is 0.140 e. The zero-order chi connectivity index (χ0) is 80.8. The van der Waals surface area contributed by atoms with Crippen LogP contribution in [0.25, 0.3) is 0 Å². The molecule has 6 aromatic carbocycles. The molecule has 14 nitrogen and oxygen atoms in total. The number of hydrogen-bond donors (Lipinski definition) is 5. The summed E-state index contributed by atoms with van der Waals surface area (Å²) in [5.74, 6) is 13.9. The summed E-state index contributed by atoms with van der Waals surface area (Å²) in [6, 6.07) is 48.5. The first-order chi connectivity index (χ1) is 55.8. The average Bonchev–Trinajstić information content (AvgIpc) is 1.29. The molecule has 0 radical (unpaired) electrons. The second kappa shape index (κ2) is 57.7. The number of nitrogens with two attached hydrogens (primary N) is 1. The predicted octanol–water partition coefficient (Wildman–Crippen LogP) is 25.6. The van der Waals surface area contributed by atoms with Gasteiger partial charge in [-0.05, 0) is 247 Å². The van der Waals surface area contributed by atoms with Crippen molar-refractivity contribution in [2.24, 2.45) is 34.6 Å². The number of hydrazone groups is 1. The highest BCUT2D eigenvalue weighted by Crippen LogP contribution is 2.32. The lowest BCUT2D eigenvalue weighted by Crippen LogP contribution is -2.25. The molecule has 5 fully saturated rings. The van der Waals surface area contributed by atoms with Crippen molar-refractivity contribution < 1.29 is 48.5 Å². The maximum atomic E-state index is 10.1. The first kappa shape index (κ1) is 93.9. The van der Waals surface area contributed by atoms with E-state index in [0.29, 0.717) is 37.2 Å². The summed E-state index contributed by atoms with van der Waals surface area (Å²) in [7, 11) is 0. The van der Waals surface area contributed by atoms with Crippen LogP contribution in [-0.4, -0.2) is 77.5 Å². The van der Waals surface area contributed by atoms with Crippen molar-refractivity contribution in [3.05, 3.63) is 196 Å². The Morgan fingerprint density at radius 1 is 0.456 bits per heavy atom. The van der Waals surface area contributed by atoms with E-state index in [9.17, 15) is 15.3 Å². The van der Waals surface area contributed by atoms with Gasteiger partial charge in [0.05, 0.1) is 56.6 Å². The fourth-order valence-electron chi connectivity index (χ4n) is 15.4. The number of aryl methyl sites for hydroxylation is 2. The molecular formula is C99H146N4O10S. The van der Waals surface area contributed by atoms with Crippen LogP contribution in [0.15, 0.2) is 162 Å². The fourth-order valence-corrected chi connectivity index (χ4v) is 15.9. The van der Waals surface area contributed by atoms with E-state index in [4.69, 9.17) is 44.4 Å². The van der Waals surface area contributed by atoms with Gasteiger partial charge in [0.2, 0.25) is 0 Å². The molecule has 5 aliphatic rings. The molecule has 2 heterocycles. The molecule has 4 saturated carbocycles. The minimum absolute atomic E-state index is 0.220. The largest absolute Gasteiger partial charge is 0.493 e. The van der Waals surface area contributed by atoms with E-state index in [1.165, 1.54) is 184 Å². The lowest BCUT2D eigenvalue weighted by molar-refractivity contribution is -0.0111. The van der Waals surface area contributed by atoms with E-state index in [1.807, 2.05) is 96.4 Å². The number of ether oxygens (including phenoxy) is 7. The number of rotatable bonds is 36. The normalized spacial score (nSPS) is 17.1. The number of nitrogens with one attached hydrogen (secondary N) is 1. The van der Waals surface area contributed by atoms with Crippen LogP contribution in [0, 0.1) is 29.1 Å². The zero-order valence-electron chi connectivity index (χ0n) is 70.8. The van der Waals surface area contributed by atoms with E-state index < -0.39 is 6.10 Å². The molecule has 0 amide bonds. The minimum Gasteiger partial charge on any atom is -0.493 e. The Balaban J connectivity index is 0.000000190. The van der Waals surface area contributed by atoms with Crippen molar-refractivity contribution in [2.75, 3.05) is 39.6 Å². The van der Waals surface area contributed by atoms with E-state index in [1.54, 1.807) is 24.5 Å². The summed E-state index contributed by atoms with van der Waals surface area (Å²) in [6.45, 7) is 17.8. The number of aromatic nitrogens is 1. The maximum absolute atomic E-state index is 10.1. The molecule has 12 rings (SSSR count). The lowest BCUT2D eigenvalue weighted by atomic mass is 9.90. The summed E-state index contributed by atoms with van der Waals surface area (Å²) >= 11 is 1.62. The highest BCUT2D eigenvalue weighted by molar-refractivity contribution is 7.09. The quantitative estimate of drug-likeness (QED) is 0.0142. The Labute approximate surface area is 692 Å². The van der Waals surface area contributed by atoms with Gasteiger partial charge >= 0.3 is 0 Å². The monoisotopic (exact) mass is 1580 g/mol. The maximum Gasteiger partial charge on any atom is 0.140 e. The van der Waals surface area contributed by atoms with Gasteiger partial charge < -0.3 is 59.7 Å². The van der Waals surface area contributed by atoms with Crippen molar-refractivity contribution in [2.45, 2.75) is 310 Å². The molecule has 6 N–H and O–H groups in total. The summed E-state index contributed by atoms with van der Waals surface area (Å²) in [5.41, 5.74) is 8.03. The van der Waals surface area contributed by atoms with Gasteiger partial charge in [0.25, 0.3) is 0 Å². The van der Waals surface area contributed by atoms with E-state index in [0.717, 1.165) is 170 Å². The first-order valence-electron chi connectivity index (χ1n) is 44.5. The molecule has 15 heteroatoms. The molecular weight excluding hydrogens is 1440 g/mol. The molecule has 114 heavy (non-hydrogen) atoms. The Bertz CT molecular complexity index is 3630. The van der Waals surface area contributed by atoms with Crippen LogP contribution in [0.5, 0.6) is 34.5 Å². The molecule has 1 aromatic heterocycles. The third-order valence-electron chi connectivity index (χ3n) is 22.2. The summed E-state index contributed by atoms with van der Waals surface area (Å²) < 4.78 is 40.9. The fraction of sp³-hybridized carbons (Fsp3) is 0.586. The molecule has 1 saturated heterocycles. The minimum atomic E-state index is -0.606. The zero-order valence-corrected chi connectivity index (χ0v) is 71.6. The van der Waals surface area contributed by atoms with Crippen LogP contribution in [-0.2, 0) is 24.2 Å². The van der Waals surface area contributed by atoms with Gasteiger partial charge in [-0.2, -0.15) is 5.10 Å². The van der Waals surface area contributed by atoms with E-state index in [-0.39, 0.29) is 18.3 Å². The molecule has 628 valence electrons. The average molecular weight is 1580 g/mol. The van der Waals surface area contributed by atoms with Crippen LogP contribution in [0.1, 0.15) is 323 Å². The van der Waals surface area contributed by atoms with E-state index in [2.05, 4.69) is 99.3 Å².